The van der Waals surface area contributed by atoms with E-state index >= 15 is 0 Å². The molecule has 1 aliphatic rings. The van der Waals surface area contributed by atoms with E-state index in [9.17, 15) is 13.2 Å². The van der Waals surface area contributed by atoms with Crippen molar-refractivity contribution in [2.24, 2.45) is 0 Å². The molecule has 1 saturated heterocycles. The number of hydrogen-bond acceptors (Lipinski definition) is 3. The number of benzene rings is 1. The van der Waals surface area contributed by atoms with Gasteiger partial charge in [0.2, 0.25) is 5.91 Å². The number of carbonyl (C=O) groups is 1. The van der Waals surface area contributed by atoms with E-state index in [0.29, 0.717) is 5.56 Å². The van der Waals surface area contributed by atoms with E-state index in [2.05, 4.69) is 11.9 Å². The minimum Gasteiger partial charge on any atom is -0.347 e. The number of carbonyl (C=O) groups excluding carboxylic acids is 1. The number of amides is 1. The summed E-state index contributed by atoms with van der Waals surface area (Å²) in [6, 6.07) is 8.56. The topological polar surface area (TPSA) is 63.2 Å². The third kappa shape index (κ3) is 2.24. The lowest BCUT2D eigenvalue weighted by molar-refractivity contribution is -0.117. The summed E-state index contributed by atoms with van der Waals surface area (Å²) in [6.07, 6.45) is 1.15. The van der Waals surface area contributed by atoms with E-state index < -0.39 is 15.1 Å². The summed E-state index contributed by atoms with van der Waals surface area (Å²) in [4.78, 5) is 11.2. The van der Waals surface area contributed by atoms with Crippen LogP contribution in [0, 0.1) is 0 Å². The molecule has 1 aliphatic heterocycles. The first-order valence-corrected chi connectivity index (χ1v) is 6.95. The highest BCUT2D eigenvalue weighted by molar-refractivity contribution is 7.93. The Morgan fingerprint density at radius 2 is 2.00 bits per heavy atom. The van der Waals surface area contributed by atoms with Crippen LogP contribution >= 0.6 is 0 Å². The molecule has 1 heterocycles. The molecule has 0 saturated carbocycles. The van der Waals surface area contributed by atoms with Gasteiger partial charge >= 0.3 is 0 Å². The molecule has 1 N–H and O–H groups in total. The van der Waals surface area contributed by atoms with Crippen molar-refractivity contribution >= 4 is 15.7 Å². The van der Waals surface area contributed by atoms with Crippen LogP contribution in [0.4, 0.5) is 0 Å². The fourth-order valence-electron chi connectivity index (χ4n) is 2.01. The van der Waals surface area contributed by atoms with E-state index in [4.69, 9.17) is 0 Å². The van der Waals surface area contributed by atoms with Crippen LogP contribution in [-0.4, -0.2) is 26.1 Å². The predicted octanol–water partition coefficient (Wildman–Crippen LogP) is 0.827. The Kier molecular flexibility index (Phi) is 3.02. The second-order valence-electron chi connectivity index (χ2n) is 3.98. The van der Waals surface area contributed by atoms with Crippen molar-refractivity contribution in [1.82, 2.24) is 5.32 Å². The number of sulfone groups is 1. The van der Waals surface area contributed by atoms with E-state index in [1.807, 2.05) is 6.07 Å². The summed E-state index contributed by atoms with van der Waals surface area (Å²) in [5.41, 5.74) is 0.716. The minimum absolute atomic E-state index is 0.00780. The molecular formula is C12H13NO3S. The Balaban J connectivity index is 2.23. The lowest BCUT2D eigenvalue weighted by Crippen LogP contribution is -2.54. The number of hydrogen-bond donors (Lipinski definition) is 1. The third-order valence-electron chi connectivity index (χ3n) is 2.81. The molecule has 0 radical (unpaired) electrons. The van der Waals surface area contributed by atoms with Crippen molar-refractivity contribution < 1.29 is 13.2 Å². The monoisotopic (exact) mass is 251 g/mol. The SMILES string of the molecule is C=CC(=O)NC1CS(=O)(=O)C1c1ccccc1. The zero-order valence-corrected chi connectivity index (χ0v) is 9.98. The van der Waals surface area contributed by atoms with Crippen molar-refractivity contribution in [1.29, 1.82) is 0 Å². The molecule has 0 aliphatic carbocycles. The second-order valence-corrected chi connectivity index (χ2v) is 6.15. The van der Waals surface area contributed by atoms with Crippen LogP contribution in [0.2, 0.25) is 0 Å². The van der Waals surface area contributed by atoms with Crippen LogP contribution in [-0.2, 0) is 14.6 Å². The summed E-state index contributed by atoms with van der Waals surface area (Å²) >= 11 is 0. The fraction of sp³-hybridized carbons (Fsp3) is 0.250. The van der Waals surface area contributed by atoms with E-state index in [1.165, 1.54) is 0 Å². The highest BCUT2D eigenvalue weighted by Crippen LogP contribution is 2.36. The van der Waals surface area contributed by atoms with Crippen LogP contribution < -0.4 is 5.32 Å². The molecule has 5 heteroatoms. The fourth-order valence-corrected chi connectivity index (χ4v) is 3.87. The Bertz CT molecular complexity index is 536. The molecule has 1 aromatic carbocycles. The average molecular weight is 251 g/mol. The van der Waals surface area contributed by atoms with Crippen LogP contribution in [0.25, 0.3) is 0 Å². The first-order valence-electron chi connectivity index (χ1n) is 5.24. The largest absolute Gasteiger partial charge is 0.347 e. The van der Waals surface area contributed by atoms with Crippen molar-refractivity contribution in [3.05, 3.63) is 48.6 Å². The molecule has 1 aromatic rings. The summed E-state index contributed by atoms with van der Waals surface area (Å²) in [7, 11) is -3.13. The summed E-state index contributed by atoms with van der Waals surface area (Å²) in [5, 5.41) is 2.00. The van der Waals surface area contributed by atoms with Crippen molar-refractivity contribution in [3.63, 3.8) is 0 Å². The van der Waals surface area contributed by atoms with Gasteiger partial charge in [0.1, 0.15) is 5.25 Å². The van der Waals surface area contributed by atoms with Crippen molar-refractivity contribution in [2.75, 3.05) is 5.75 Å². The molecule has 2 rings (SSSR count). The standard InChI is InChI=1S/C12H13NO3S/c1-2-11(14)13-10-8-17(15,16)12(10)9-6-4-3-5-7-9/h2-7,10,12H,1,8H2,(H,13,14). The quantitative estimate of drug-likeness (QED) is 0.809. The summed E-state index contributed by atoms with van der Waals surface area (Å²) in [5.74, 6) is -0.350. The molecular weight excluding hydrogens is 238 g/mol. The van der Waals surface area contributed by atoms with Gasteiger partial charge in [0.15, 0.2) is 9.84 Å². The highest BCUT2D eigenvalue weighted by atomic mass is 32.2. The maximum absolute atomic E-state index is 11.7. The van der Waals surface area contributed by atoms with Gasteiger partial charge in [0.25, 0.3) is 0 Å². The van der Waals surface area contributed by atoms with E-state index in [-0.39, 0.29) is 17.7 Å². The van der Waals surface area contributed by atoms with Gasteiger partial charge in [-0.15, -0.1) is 0 Å². The Hall–Kier alpha value is -1.62. The molecule has 0 bridgehead atoms. The first kappa shape index (κ1) is 11.9. The van der Waals surface area contributed by atoms with Gasteiger partial charge in [-0.3, -0.25) is 4.79 Å². The molecule has 4 nitrogen and oxygen atoms in total. The number of rotatable bonds is 3. The molecule has 0 aromatic heterocycles. The number of nitrogens with one attached hydrogen (secondary N) is 1. The smallest absolute Gasteiger partial charge is 0.243 e. The zero-order chi connectivity index (χ0) is 12.5. The van der Waals surface area contributed by atoms with Gasteiger partial charge in [-0.2, -0.15) is 0 Å². The summed E-state index contributed by atoms with van der Waals surface area (Å²) in [6.45, 7) is 3.34. The van der Waals surface area contributed by atoms with Crippen LogP contribution in [0.5, 0.6) is 0 Å². The first-order chi connectivity index (χ1) is 8.04. The molecule has 2 atom stereocenters. The Morgan fingerprint density at radius 3 is 2.53 bits per heavy atom. The van der Waals surface area contributed by atoms with Gasteiger partial charge in [-0.05, 0) is 11.6 Å². The van der Waals surface area contributed by atoms with Crippen molar-refractivity contribution in [3.8, 4) is 0 Å². The van der Waals surface area contributed by atoms with Crippen molar-refractivity contribution in [2.45, 2.75) is 11.3 Å². The molecule has 1 amide bonds. The van der Waals surface area contributed by atoms with Crippen LogP contribution in [0.1, 0.15) is 10.8 Å². The molecule has 2 unspecified atom stereocenters. The van der Waals surface area contributed by atoms with Gasteiger partial charge in [0.05, 0.1) is 11.8 Å². The lowest BCUT2D eigenvalue weighted by atomic mass is 10.1. The van der Waals surface area contributed by atoms with E-state index in [1.54, 1.807) is 24.3 Å². The van der Waals surface area contributed by atoms with E-state index in [0.717, 1.165) is 6.08 Å². The zero-order valence-electron chi connectivity index (χ0n) is 9.17. The second kappa shape index (κ2) is 4.33. The van der Waals surface area contributed by atoms with Gasteiger partial charge in [-0.1, -0.05) is 36.9 Å². The van der Waals surface area contributed by atoms with Crippen LogP contribution in [0.3, 0.4) is 0 Å². The third-order valence-corrected chi connectivity index (χ3v) is 5.00. The summed E-state index contributed by atoms with van der Waals surface area (Å²) < 4.78 is 23.4. The maximum atomic E-state index is 11.7. The molecule has 1 fully saturated rings. The Morgan fingerprint density at radius 1 is 1.35 bits per heavy atom. The average Bonchev–Trinajstić information content (AvgIpc) is 2.28. The Labute approximate surface area is 100 Å². The molecule has 0 spiro atoms. The van der Waals surface area contributed by atoms with Crippen LogP contribution in [0.15, 0.2) is 43.0 Å². The maximum Gasteiger partial charge on any atom is 0.243 e. The minimum atomic E-state index is -3.13. The molecule has 17 heavy (non-hydrogen) atoms. The predicted molar refractivity (Wildman–Crippen MR) is 65.1 cm³/mol. The van der Waals surface area contributed by atoms with Gasteiger partial charge in [-0.25, -0.2) is 8.42 Å². The van der Waals surface area contributed by atoms with Gasteiger partial charge < -0.3 is 5.32 Å². The normalized spacial score (nSPS) is 25.6. The van der Waals surface area contributed by atoms with Gasteiger partial charge in [0, 0.05) is 0 Å². The lowest BCUT2D eigenvalue weighted by Gasteiger charge is -2.36. The highest BCUT2D eigenvalue weighted by Gasteiger charge is 2.47. The molecule has 90 valence electrons.